The second-order valence-corrected chi connectivity index (χ2v) is 7.02. The van der Waals surface area contributed by atoms with Crippen molar-refractivity contribution < 1.29 is 8.42 Å². The maximum atomic E-state index is 12.3. The predicted octanol–water partition coefficient (Wildman–Crippen LogP) is 2.76. The van der Waals surface area contributed by atoms with E-state index >= 15 is 0 Å². The minimum absolute atomic E-state index is 0.0309. The van der Waals surface area contributed by atoms with Crippen LogP contribution in [0.5, 0.6) is 0 Å². The minimum Gasteiger partial charge on any atom is -0.244 e. The lowest BCUT2D eigenvalue weighted by atomic mass is 10.1. The van der Waals surface area contributed by atoms with Gasteiger partial charge in [0.05, 0.1) is 0 Å². The molecular weight excluding hydrogens is 354 g/mol. The Balaban J connectivity index is 2.22. The lowest BCUT2D eigenvalue weighted by molar-refractivity contribution is 0.566. The number of benzene rings is 1. The fourth-order valence-corrected chi connectivity index (χ4v) is 3.34. The second kappa shape index (κ2) is 6.35. The summed E-state index contributed by atoms with van der Waals surface area (Å²) < 4.78 is 28.0. The fraction of sp³-hybridized carbons (Fsp3) is 0.143. The Hall–Kier alpha value is -1.75. The maximum Gasteiger partial charge on any atom is 0.242 e. The van der Waals surface area contributed by atoms with Gasteiger partial charge in [0, 0.05) is 16.7 Å². The zero-order valence-electron chi connectivity index (χ0n) is 11.1. The first kappa shape index (κ1) is 15.6. The highest BCUT2D eigenvalue weighted by Crippen LogP contribution is 2.20. The molecule has 7 heteroatoms. The third kappa shape index (κ3) is 3.88. The van der Waals surface area contributed by atoms with Gasteiger partial charge < -0.3 is 0 Å². The van der Waals surface area contributed by atoms with E-state index in [4.69, 9.17) is 5.26 Å². The van der Waals surface area contributed by atoms with Gasteiger partial charge in [-0.3, -0.25) is 0 Å². The van der Waals surface area contributed by atoms with Crippen LogP contribution < -0.4 is 4.72 Å². The molecule has 0 saturated heterocycles. The summed E-state index contributed by atoms with van der Waals surface area (Å²) in [5.41, 5.74) is 1.02. The second-order valence-electron chi connectivity index (χ2n) is 4.39. The van der Waals surface area contributed by atoms with Crippen molar-refractivity contribution >= 4 is 26.0 Å². The SMILES string of the molecule is CC(NS(=O)(=O)c1ccc(C#N)nc1)c1cccc(Br)c1. The van der Waals surface area contributed by atoms with Crippen LogP contribution >= 0.6 is 15.9 Å². The molecule has 1 atom stereocenters. The third-order valence-corrected chi connectivity index (χ3v) is 4.86. The van der Waals surface area contributed by atoms with Gasteiger partial charge in [-0.25, -0.2) is 18.1 Å². The number of halogens is 1. The van der Waals surface area contributed by atoms with Crippen molar-refractivity contribution in [3.8, 4) is 6.07 Å². The van der Waals surface area contributed by atoms with Gasteiger partial charge in [0.25, 0.3) is 0 Å². The zero-order valence-corrected chi connectivity index (χ0v) is 13.5. The Morgan fingerprint density at radius 2 is 2.10 bits per heavy atom. The number of pyridine rings is 1. The summed E-state index contributed by atoms with van der Waals surface area (Å²) in [5, 5.41) is 8.67. The number of hydrogen-bond acceptors (Lipinski definition) is 4. The van der Waals surface area contributed by atoms with Crippen molar-refractivity contribution in [1.29, 1.82) is 5.26 Å². The first-order chi connectivity index (χ1) is 9.92. The van der Waals surface area contributed by atoms with Crippen LogP contribution in [0.15, 0.2) is 52.0 Å². The molecule has 0 radical (unpaired) electrons. The largest absolute Gasteiger partial charge is 0.244 e. The van der Waals surface area contributed by atoms with Crippen molar-refractivity contribution in [2.24, 2.45) is 0 Å². The van der Waals surface area contributed by atoms with Crippen LogP contribution in [-0.4, -0.2) is 13.4 Å². The van der Waals surface area contributed by atoms with Crippen LogP contribution in [0.2, 0.25) is 0 Å². The average molecular weight is 366 g/mol. The summed E-state index contributed by atoms with van der Waals surface area (Å²) in [5.74, 6) is 0. The number of hydrogen-bond donors (Lipinski definition) is 1. The molecule has 1 N–H and O–H groups in total. The normalized spacial score (nSPS) is 12.6. The van der Waals surface area contributed by atoms with Gasteiger partial charge in [-0.1, -0.05) is 28.1 Å². The highest BCUT2D eigenvalue weighted by molar-refractivity contribution is 9.10. The molecule has 0 aliphatic heterocycles. The smallest absolute Gasteiger partial charge is 0.242 e. The number of nitrogens with one attached hydrogen (secondary N) is 1. The van der Waals surface area contributed by atoms with Crippen molar-refractivity contribution in [2.45, 2.75) is 17.9 Å². The van der Waals surface area contributed by atoms with E-state index in [1.807, 2.05) is 30.3 Å². The average Bonchev–Trinajstić information content (AvgIpc) is 2.47. The Kier molecular flexibility index (Phi) is 4.73. The molecule has 1 aromatic heterocycles. The molecule has 0 amide bonds. The summed E-state index contributed by atoms with van der Waals surface area (Å²) in [4.78, 5) is 3.80. The molecule has 2 aromatic rings. The Morgan fingerprint density at radius 3 is 2.67 bits per heavy atom. The lowest BCUT2D eigenvalue weighted by Gasteiger charge is -2.14. The van der Waals surface area contributed by atoms with Gasteiger partial charge in [-0.2, -0.15) is 5.26 Å². The molecule has 0 saturated carbocycles. The minimum atomic E-state index is -3.68. The predicted molar refractivity (Wildman–Crippen MR) is 81.8 cm³/mol. The molecule has 0 aliphatic rings. The molecule has 0 bridgehead atoms. The van der Waals surface area contributed by atoms with Crippen LogP contribution in [0, 0.1) is 11.3 Å². The topological polar surface area (TPSA) is 82.9 Å². The summed E-state index contributed by atoms with van der Waals surface area (Å²) in [6, 6.07) is 11.6. The zero-order chi connectivity index (χ0) is 15.5. The quantitative estimate of drug-likeness (QED) is 0.902. The van der Waals surface area contributed by atoms with Crippen LogP contribution in [0.3, 0.4) is 0 Å². The molecule has 21 heavy (non-hydrogen) atoms. The monoisotopic (exact) mass is 365 g/mol. The highest BCUT2D eigenvalue weighted by Gasteiger charge is 2.18. The first-order valence-electron chi connectivity index (χ1n) is 6.06. The van der Waals surface area contributed by atoms with E-state index in [2.05, 4.69) is 25.6 Å². The molecule has 108 valence electrons. The van der Waals surface area contributed by atoms with E-state index in [-0.39, 0.29) is 16.6 Å². The van der Waals surface area contributed by atoms with Crippen molar-refractivity contribution in [1.82, 2.24) is 9.71 Å². The van der Waals surface area contributed by atoms with Crippen LogP contribution in [0.1, 0.15) is 24.2 Å². The molecule has 0 fully saturated rings. The van der Waals surface area contributed by atoms with E-state index < -0.39 is 10.0 Å². The Bertz CT molecular complexity index is 783. The van der Waals surface area contributed by atoms with Gasteiger partial charge >= 0.3 is 0 Å². The third-order valence-electron chi connectivity index (χ3n) is 2.84. The molecular formula is C14H12BrN3O2S. The maximum absolute atomic E-state index is 12.3. The van der Waals surface area contributed by atoms with E-state index in [0.717, 1.165) is 10.0 Å². The van der Waals surface area contributed by atoms with E-state index in [9.17, 15) is 8.42 Å². The van der Waals surface area contributed by atoms with Gasteiger partial charge in [-0.05, 0) is 36.8 Å². The van der Waals surface area contributed by atoms with Gasteiger partial charge in [0.1, 0.15) is 16.7 Å². The van der Waals surface area contributed by atoms with E-state index in [0.29, 0.717) is 0 Å². The fourth-order valence-electron chi connectivity index (χ4n) is 1.75. The van der Waals surface area contributed by atoms with Crippen LogP contribution in [0.4, 0.5) is 0 Å². The number of nitrogens with zero attached hydrogens (tertiary/aromatic N) is 2. The first-order valence-corrected chi connectivity index (χ1v) is 8.34. The Labute approximate surface area is 131 Å². The van der Waals surface area contributed by atoms with Gasteiger partial charge in [0.2, 0.25) is 10.0 Å². The molecule has 1 aromatic carbocycles. The summed E-state index contributed by atoms with van der Waals surface area (Å²) in [6.07, 6.45) is 1.18. The summed E-state index contributed by atoms with van der Waals surface area (Å²) >= 11 is 3.35. The van der Waals surface area contributed by atoms with Crippen LogP contribution in [-0.2, 0) is 10.0 Å². The summed E-state index contributed by atoms with van der Waals surface area (Å²) in [7, 11) is -3.68. The standard InChI is InChI=1S/C14H12BrN3O2S/c1-10(11-3-2-4-12(15)7-11)18-21(19,20)14-6-5-13(8-16)17-9-14/h2-7,9-10,18H,1H3. The van der Waals surface area contributed by atoms with Gasteiger partial charge in [0.15, 0.2) is 0 Å². The van der Waals surface area contributed by atoms with Gasteiger partial charge in [-0.15, -0.1) is 0 Å². The van der Waals surface area contributed by atoms with Crippen molar-refractivity contribution in [3.05, 3.63) is 58.3 Å². The van der Waals surface area contributed by atoms with Crippen LogP contribution in [0.25, 0.3) is 0 Å². The lowest BCUT2D eigenvalue weighted by Crippen LogP contribution is -2.27. The number of nitriles is 1. The number of sulfonamides is 1. The van der Waals surface area contributed by atoms with E-state index in [1.165, 1.54) is 18.3 Å². The Morgan fingerprint density at radius 1 is 1.33 bits per heavy atom. The summed E-state index contributed by atoms with van der Waals surface area (Å²) in [6.45, 7) is 1.76. The number of aromatic nitrogens is 1. The molecule has 1 unspecified atom stereocenters. The molecule has 0 aliphatic carbocycles. The van der Waals surface area contributed by atoms with Crippen molar-refractivity contribution in [2.75, 3.05) is 0 Å². The molecule has 0 spiro atoms. The molecule has 5 nitrogen and oxygen atoms in total. The molecule has 1 heterocycles. The number of rotatable bonds is 4. The highest BCUT2D eigenvalue weighted by atomic mass is 79.9. The molecule has 2 rings (SSSR count). The van der Waals surface area contributed by atoms with E-state index in [1.54, 1.807) is 6.92 Å². The van der Waals surface area contributed by atoms with Crippen molar-refractivity contribution in [3.63, 3.8) is 0 Å².